The molecular formula is C13H25NS. The molecule has 0 aromatic rings. The molecule has 0 atom stereocenters. The molecule has 1 rings (SSSR count). The van der Waals surface area contributed by atoms with Crippen LogP contribution >= 0.6 is 11.8 Å². The van der Waals surface area contributed by atoms with Gasteiger partial charge in [-0.3, -0.25) is 0 Å². The van der Waals surface area contributed by atoms with E-state index in [0.717, 1.165) is 17.5 Å². The molecule has 1 fully saturated rings. The van der Waals surface area contributed by atoms with E-state index in [1.54, 1.807) is 0 Å². The summed E-state index contributed by atoms with van der Waals surface area (Å²) in [6.45, 7) is 11.7. The Morgan fingerprint density at radius 3 is 2.47 bits per heavy atom. The number of rotatable bonds is 5. The first-order chi connectivity index (χ1) is 6.97. The second kappa shape index (κ2) is 5.95. The van der Waals surface area contributed by atoms with Crippen LogP contribution in [-0.2, 0) is 0 Å². The van der Waals surface area contributed by atoms with Crippen LogP contribution in [0.3, 0.4) is 0 Å². The van der Waals surface area contributed by atoms with E-state index < -0.39 is 0 Å². The van der Waals surface area contributed by atoms with Crippen LogP contribution in [0.15, 0.2) is 12.2 Å². The second-order valence-electron chi connectivity index (χ2n) is 5.57. The Hall–Kier alpha value is 0.0500. The number of thioether (sulfide) groups is 1. The Bertz CT molecular complexity index is 199. The van der Waals surface area contributed by atoms with Gasteiger partial charge in [0.1, 0.15) is 0 Å². The fraction of sp³-hybridized carbons (Fsp3) is 0.846. The summed E-state index contributed by atoms with van der Waals surface area (Å²) < 4.78 is 0. The summed E-state index contributed by atoms with van der Waals surface area (Å²) in [4.78, 5) is 0. The fourth-order valence-electron chi connectivity index (χ4n) is 1.73. The highest BCUT2D eigenvalue weighted by Crippen LogP contribution is 2.30. The van der Waals surface area contributed by atoms with Crippen LogP contribution < -0.4 is 5.32 Å². The van der Waals surface area contributed by atoms with Gasteiger partial charge >= 0.3 is 0 Å². The predicted octanol–water partition coefficient (Wildman–Crippen LogP) is 3.61. The van der Waals surface area contributed by atoms with Gasteiger partial charge in [-0.05, 0) is 33.6 Å². The summed E-state index contributed by atoms with van der Waals surface area (Å²) in [6, 6.07) is 0. The first kappa shape index (κ1) is 13.1. The van der Waals surface area contributed by atoms with Crippen molar-refractivity contribution >= 4 is 11.8 Å². The van der Waals surface area contributed by atoms with E-state index in [2.05, 4.69) is 44.4 Å². The quantitative estimate of drug-likeness (QED) is 0.720. The van der Waals surface area contributed by atoms with Gasteiger partial charge in [0, 0.05) is 23.1 Å². The maximum absolute atomic E-state index is 4.14. The first-order valence-corrected chi connectivity index (χ1v) is 7.05. The van der Waals surface area contributed by atoms with Crippen LogP contribution in [0.4, 0.5) is 0 Å². The van der Waals surface area contributed by atoms with Crippen molar-refractivity contribution in [1.29, 1.82) is 0 Å². The van der Waals surface area contributed by atoms with Crippen LogP contribution in [0.1, 0.15) is 46.5 Å². The van der Waals surface area contributed by atoms with Crippen molar-refractivity contribution < 1.29 is 0 Å². The van der Waals surface area contributed by atoms with Gasteiger partial charge < -0.3 is 5.32 Å². The molecule has 2 heteroatoms. The second-order valence-corrected chi connectivity index (χ2v) is 6.86. The summed E-state index contributed by atoms with van der Waals surface area (Å²) in [7, 11) is 0. The molecule has 0 aromatic heterocycles. The highest BCUT2D eigenvalue weighted by molar-refractivity contribution is 8.00. The normalized spacial score (nSPS) is 18.3. The lowest BCUT2D eigenvalue weighted by Crippen LogP contribution is -2.37. The summed E-state index contributed by atoms with van der Waals surface area (Å²) >= 11 is 2.10. The SMILES string of the molecule is C=C(CNC(C)(C)C)CSC1CCCC1. The fourth-order valence-corrected chi connectivity index (χ4v) is 2.97. The van der Waals surface area contributed by atoms with E-state index in [4.69, 9.17) is 0 Å². The molecule has 0 aromatic carbocycles. The molecule has 0 saturated heterocycles. The van der Waals surface area contributed by atoms with Gasteiger partial charge in [0.05, 0.1) is 0 Å². The molecule has 0 unspecified atom stereocenters. The summed E-state index contributed by atoms with van der Waals surface area (Å²) in [6.07, 6.45) is 5.71. The minimum atomic E-state index is 0.209. The monoisotopic (exact) mass is 227 g/mol. The zero-order valence-corrected chi connectivity index (χ0v) is 11.3. The molecule has 88 valence electrons. The van der Waals surface area contributed by atoms with E-state index in [0.29, 0.717) is 0 Å². The predicted molar refractivity (Wildman–Crippen MR) is 71.6 cm³/mol. The van der Waals surface area contributed by atoms with Crippen LogP contribution in [0.25, 0.3) is 0 Å². The van der Waals surface area contributed by atoms with Crippen molar-refractivity contribution in [2.45, 2.75) is 57.2 Å². The van der Waals surface area contributed by atoms with Gasteiger partial charge in [-0.15, -0.1) is 0 Å². The Kier molecular flexibility index (Phi) is 5.20. The minimum Gasteiger partial charge on any atom is -0.308 e. The topological polar surface area (TPSA) is 12.0 Å². The molecule has 0 heterocycles. The average Bonchev–Trinajstić information content (AvgIpc) is 2.62. The summed E-state index contributed by atoms with van der Waals surface area (Å²) in [5, 5.41) is 4.40. The molecule has 1 saturated carbocycles. The van der Waals surface area contributed by atoms with Gasteiger partial charge in [-0.2, -0.15) is 11.8 Å². The summed E-state index contributed by atoms with van der Waals surface area (Å²) in [5.41, 5.74) is 1.54. The molecule has 1 aliphatic rings. The van der Waals surface area contributed by atoms with Crippen LogP contribution in [0.5, 0.6) is 0 Å². The van der Waals surface area contributed by atoms with Crippen molar-refractivity contribution in [3.8, 4) is 0 Å². The molecule has 1 aliphatic carbocycles. The standard InChI is InChI=1S/C13H25NS/c1-11(9-14-13(2,3)4)10-15-12-7-5-6-8-12/h12,14H,1,5-10H2,2-4H3. The van der Waals surface area contributed by atoms with Gasteiger partial charge in [0.25, 0.3) is 0 Å². The largest absolute Gasteiger partial charge is 0.308 e. The number of hydrogen-bond donors (Lipinski definition) is 1. The third-order valence-corrected chi connectivity index (χ3v) is 4.21. The summed E-state index contributed by atoms with van der Waals surface area (Å²) in [5.74, 6) is 1.13. The zero-order chi connectivity index (χ0) is 11.3. The van der Waals surface area contributed by atoms with Gasteiger partial charge in [0.2, 0.25) is 0 Å². The Balaban J connectivity index is 2.08. The van der Waals surface area contributed by atoms with E-state index in [1.807, 2.05) is 0 Å². The highest BCUT2D eigenvalue weighted by atomic mass is 32.2. The Morgan fingerprint density at radius 2 is 1.93 bits per heavy atom. The third-order valence-electron chi connectivity index (χ3n) is 2.69. The Labute approximate surface area is 99.1 Å². The molecule has 1 N–H and O–H groups in total. The lowest BCUT2D eigenvalue weighted by Gasteiger charge is -2.21. The maximum atomic E-state index is 4.14. The smallest absolute Gasteiger partial charge is 0.0175 e. The third kappa shape index (κ3) is 6.26. The first-order valence-electron chi connectivity index (χ1n) is 6.01. The lowest BCUT2D eigenvalue weighted by atomic mass is 10.1. The van der Waals surface area contributed by atoms with Crippen molar-refractivity contribution in [2.75, 3.05) is 12.3 Å². The van der Waals surface area contributed by atoms with Crippen LogP contribution in [0, 0.1) is 0 Å². The molecule has 0 spiro atoms. The van der Waals surface area contributed by atoms with Crippen molar-refractivity contribution in [2.24, 2.45) is 0 Å². The van der Waals surface area contributed by atoms with Crippen molar-refractivity contribution in [3.63, 3.8) is 0 Å². The van der Waals surface area contributed by atoms with Crippen LogP contribution in [0.2, 0.25) is 0 Å². The van der Waals surface area contributed by atoms with E-state index >= 15 is 0 Å². The van der Waals surface area contributed by atoms with Crippen molar-refractivity contribution in [1.82, 2.24) is 5.32 Å². The van der Waals surface area contributed by atoms with Gasteiger partial charge in [-0.25, -0.2) is 0 Å². The molecule has 0 radical (unpaired) electrons. The highest BCUT2D eigenvalue weighted by Gasteiger charge is 2.15. The van der Waals surface area contributed by atoms with Gasteiger partial charge in [0.15, 0.2) is 0 Å². The molecule has 0 amide bonds. The minimum absolute atomic E-state index is 0.209. The maximum Gasteiger partial charge on any atom is 0.0175 e. The molecule has 1 nitrogen and oxygen atoms in total. The van der Waals surface area contributed by atoms with E-state index in [-0.39, 0.29) is 5.54 Å². The molecular weight excluding hydrogens is 202 g/mol. The molecule has 15 heavy (non-hydrogen) atoms. The molecule has 0 aliphatic heterocycles. The average molecular weight is 227 g/mol. The van der Waals surface area contributed by atoms with Crippen LogP contribution in [-0.4, -0.2) is 23.1 Å². The molecule has 0 bridgehead atoms. The zero-order valence-electron chi connectivity index (χ0n) is 10.4. The Morgan fingerprint density at radius 1 is 1.33 bits per heavy atom. The van der Waals surface area contributed by atoms with E-state index in [9.17, 15) is 0 Å². The number of hydrogen-bond acceptors (Lipinski definition) is 2. The van der Waals surface area contributed by atoms with E-state index in [1.165, 1.54) is 31.3 Å². The lowest BCUT2D eigenvalue weighted by molar-refractivity contribution is 0.445. The number of nitrogens with one attached hydrogen (secondary N) is 1. The van der Waals surface area contributed by atoms with Gasteiger partial charge in [-0.1, -0.05) is 25.0 Å². The van der Waals surface area contributed by atoms with Crippen molar-refractivity contribution in [3.05, 3.63) is 12.2 Å².